The van der Waals surface area contributed by atoms with Crippen molar-refractivity contribution < 1.29 is 4.74 Å². The van der Waals surface area contributed by atoms with Gasteiger partial charge in [-0.15, -0.1) is 0 Å². The fraction of sp³-hybridized carbons (Fsp3) is 0.636. The molecule has 1 aromatic rings. The van der Waals surface area contributed by atoms with Crippen molar-refractivity contribution in [1.29, 1.82) is 0 Å². The molecule has 0 aromatic carbocycles. The second-order valence-corrected chi connectivity index (χ2v) is 5.29. The van der Waals surface area contributed by atoms with E-state index in [1.165, 1.54) is 0 Å². The molecule has 0 aliphatic carbocycles. The van der Waals surface area contributed by atoms with E-state index >= 15 is 0 Å². The fourth-order valence-electron chi connectivity index (χ4n) is 1.95. The van der Waals surface area contributed by atoms with Crippen LogP contribution in [0.5, 0.6) is 0 Å². The smallest absolute Gasteiger partial charge is 0.266 e. The van der Waals surface area contributed by atoms with Gasteiger partial charge in [-0.25, -0.2) is 4.98 Å². The molecule has 1 aliphatic heterocycles. The Balaban J connectivity index is 2.20. The maximum atomic E-state index is 11.9. The largest absolute Gasteiger partial charge is 0.381 e. The second kappa shape index (κ2) is 5.27. The van der Waals surface area contributed by atoms with Gasteiger partial charge in [0, 0.05) is 26.0 Å². The molecule has 1 saturated heterocycles. The molecule has 0 radical (unpaired) electrons. The summed E-state index contributed by atoms with van der Waals surface area (Å²) < 4.78 is 7.80. The van der Waals surface area contributed by atoms with E-state index in [1.807, 2.05) is 29.5 Å². The molecule has 2 heterocycles. The number of hydrogen-bond acceptors (Lipinski definition) is 3. The summed E-state index contributed by atoms with van der Waals surface area (Å²) in [5.41, 5.74) is 0.0830. The maximum absolute atomic E-state index is 11.9. The van der Waals surface area contributed by atoms with Gasteiger partial charge in [-0.3, -0.25) is 9.36 Å². The predicted octanol–water partition coefficient (Wildman–Crippen LogP) is 1.58. The third-order valence-electron chi connectivity index (χ3n) is 2.99. The van der Waals surface area contributed by atoms with Gasteiger partial charge in [-0.1, -0.05) is 0 Å². The van der Waals surface area contributed by atoms with Crippen LogP contribution in [-0.2, 0) is 11.3 Å². The number of rotatable bonds is 2. The van der Waals surface area contributed by atoms with Crippen LogP contribution >= 0.6 is 22.6 Å². The van der Waals surface area contributed by atoms with Crippen LogP contribution in [0.4, 0.5) is 0 Å². The van der Waals surface area contributed by atoms with Gasteiger partial charge in [0.05, 0.1) is 3.57 Å². The summed E-state index contributed by atoms with van der Waals surface area (Å²) in [6.07, 6.45) is 3.72. The molecule has 1 fully saturated rings. The lowest BCUT2D eigenvalue weighted by Crippen LogP contribution is -2.30. The highest BCUT2D eigenvalue weighted by atomic mass is 127. The minimum Gasteiger partial charge on any atom is -0.381 e. The van der Waals surface area contributed by atoms with E-state index in [9.17, 15) is 4.79 Å². The summed E-state index contributed by atoms with van der Waals surface area (Å²) in [7, 11) is 0. The average Bonchev–Trinajstić information content (AvgIpc) is 2.31. The quantitative estimate of drug-likeness (QED) is 0.772. The molecule has 0 unspecified atom stereocenters. The predicted molar refractivity (Wildman–Crippen MR) is 69.5 cm³/mol. The van der Waals surface area contributed by atoms with Crippen molar-refractivity contribution >= 4 is 22.6 Å². The first-order chi connectivity index (χ1) is 7.68. The van der Waals surface area contributed by atoms with Gasteiger partial charge < -0.3 is 4.74 Å². The van der Waals surface area contributed by atoms with E-state index in [1.54, 1.807) is 10.8 Å². The van der Waals surface area contributed by atoms with Crippen LogP contribution < -0.4 is 5.56 Å². The maximum Gasteiger partial charge on any atom is 0.266 e. The van der Waals surface area contributed by atoms with Gasteiger partial charge in [-0.05, 0) is 48.3 Å². The molecule has 0 amide bonds. The number of nitrogens with zero attached hydrogens (tertiary/aromatic N) is 2. The highest BCUT2D eigenvalue weighted by Crippen LogP contribution is 2.16. The van der Waals surface area contributed by atoms with Gasteiger partial charge in [0.25, 0.3) is 5.56 Å². The number of hydrogen-bond donors (Lipinski definition) is 0. The molecule has 5 heteroatoms. The van der Waals surface area contributed by atoms with E-state index in [0.717, 1.165) is 38.4 Å². The van der Waals surface area contributed by atoms with Gasteiger partial charge in [0.1, 0.15) is 5.82 Å². The van der Waals surface area contributed by atoms with E-state index in [4.69, 9.17) is 4.74 Å². The van der Waals surface area contributed by atoms with E-state index in [0.29, 0.717) is 9.49 Å². The lowest BCUT2D eigenvalue weighted by molar-refractivity contribution is 0.0606. The third-order valence-corrected chi connectivity index (χ3v) is 3.73. The molecular formula is C11H15IN2O2. The summed E-state index contributed by atoms with van der Waals surface area (Å²) in [6, 6.07) is 0. The normalized spacial score (nSPS) is 17.6. The number of aromatic nitrogens is 2. The first kappa shape index (κ1) is 12.0. The summed E-state index contributed by atoms with van der Waals surface area (Å²) in [5.74, 6) is 1.35. The Labute approximate surface area is 108 Å². The van der Waals surface area contributed by atoms with Crippen molar-refractivity contribution in [2.75, 3.05) is 13.2 Å². The van der Waals surface area contributed by atoms with Gasteiger partial charge >= 0.3 is 0 Å². The zero-order chi connectivity index (χ0) is 11.5. The van der Waals surface area contributed by atoms with E-state index in [-0.39, 0.29) is 5.56 Å². The SMILES string of the molecule is Cc1ncc(I)c(=O)n1CC1CCOCC1. The highest BCUT2D eigenvalue weighted by Gasteiger charge is 2.16. The Morgan fingerprint density at radius 1 is 1.56 bits per heavy atom. The molecule has 0 N–H and O–H groups in total. The molecule has 0 atom stereocenters. The lowest BCUT2D eigenvalue weighted by atomic mass is 10.0. The minimum atomic E-state index is 0.0830. The monoisotopic (exact) mass is 334 g/mol. The zero-order valence-corrected chi connectivity index (χ0v) is 11.4. The molecular weight excluding hydrogens is 319 g/mol. The van der Waals surface area contributed by atoms with Crippen molar-refractivity contribution in [2.24, 2.45) is 5.92 Å². The molecule has 1 aromatic heterocycles. The Morgan fingerprint density at radius 3 is 2.94 bits per heavy atom. The summed E-state index contributed by atoms with van der Waals surface area (Å²) in [5, 5.41) is 0. The van der Waals surface area contributed by atoms with Crippen molar-refractivity contribution in [3.8, 4) is 0 Å². The zero-order valence-electron chi connectivity index (χ0n) is 9.28. The molecule has 1 aliphatic rings. The summed E-state index contributed by atoms with van der Waals surface area (Å²) in [6.45, 7) is 4.29. The molecule has 0 saturated carbocycles. The van der Waals surface area contributed by atoms with Crippen LogP contribution in [0.15, 0.2) is 11.0 Å². The molecule has 88 valence electrons. The van der Waals surface area contributed by atoms with E-state index < -0.39 is 0 Å². The van der Waals surface area contributed by atoms with Gasteiger partial charge in [-0.2, -0.15) is 0 Å². The molecule has 0 spiro atoms. The fourth-order valence-corrected chi connectivity index (χ4v) is 2.38. The van der Waals surface area contributed by atoms with Crippen molar-refractivity contribution in [3.05, 3.63) is 25.9 Å². The number of aryl methyl sites for hydroxylation is 1. The standard InChI is InChI=1S/C11H15IN2O2/c1-8-13-6-10(12)11(15)14(8)7-9-2-4-16-5-3-9/h6,9H,2-5,7H2,1H3. The van der Waals surface area contributed by atoms with Crippen LogP contribution in [0.1, 0.15) is 18.7 Å². The lowest BCUT2D eigenvalue weighted by Gasteiger charge is -2.23. The molecule has 16 heavy (non-hydrogen) atoms. The highest BCUT2D eigenvalue weighted by molar-refractivity contribution is 14.1. The van der Waals surface area contributed by atoms with Gasteiger partial charge in [0.15, 0.2) is 0 Å². The van der Waals surface area contributed by atoms with Gasteiger partial charge in [0.2, 0.25) is 0 Å². The van der Waals surface area contributed by atoms with Crippen molar-refractivity contribution in [1.82, 2.24) is 9.55 Å². The van der Waals surface area contributed by atoms with Crippen LogP contribution in [0.25, 0.3) is 0 Å². The molecule has 0 bridgehead atoms. The number of halogens is 1. The first-order valence-electron chi connectivity index (χ1n) is 5.48. The Hall–Kier alpha value is -0.430. The summed E-state index contributed by atoms with van der Waals surface area (Å²) in [4.78, 5) is 16.2. The Bertz CT molecular complexity index is 424. The minimum absolute atomic E-state index is 0.0830. The topological polar surface area (TPSA) is 44.1 Å². The van der Waals surface area contributed by atoms with Crippen LogP contribution in [-0.4, -0.2) is 22.8 Å². The van der Waals surface area contributed by atoms with Crippen molar-refractivity contribution in [2.45, 2.75) is 26.3 Å². The Morgan fingerprint density at radius 2 is 2.25 bits per heavy atom. The van der Waals surface area contributed by atoms with Crippen molar-refractivity contribution in [3.63, 3.8) is 0 Å². The molecule has 2 rings (SSSR count). The van der Waals surface area contributed by atoms with E-state index in [2.05, 4.69) is 4.98 Å². The second-order valence-electron chi connectivity index (χ2n) is 4.12. The Kier molecular flexibility index (Phi) is 3.96. The number of ether oxygens (including phenoxy) is 1. The van der Waals surface area contributed by atoms with Crippen LogP contribution in [0.3, 0.4) is 0 Å². The molecule has 4 nitrogen and oxygen atoms in total. The van der Waals surface area contributed by atoms with Crippen LogP contribution in [0.2, 0.25) is 0 Å². The summed E-state index contributed by atoms with van der Waals surface area (Å²) >= 11 is 2.04. The first-order valence-corrected chi connectivity index (χ1v) is 6.56. The third kappa shape index (κ3) is 2.63. The average molecular weight is 334 g/mol. The van der Waals surface area contributed by atoms with Crippen LogP contribution in [0, 0.1) is 16.4 Å².